The van der Waals surface area contributed by atoms with Crippen LogP contribution in [0.1, 0.15) is 31.1 Å². The van der Waals surface area contributed by atoms with Crippen LogP contribution in [-0.2, 0) is 4.74 Å². The molecule has 140 valence electrons. The molecule has 1 aliphatic rings. The molecule has 2 amide bonds. The van der Waals surface area contributed by atoms with Crippen molar-refractivity contribution in [1.29, 1.82) is 5.41 Å². The lowest BCUT2D eigenvalue weighted by molar-refractivity contribution is 0.0958. The molecule has 1 aromatic rings. The Bertz CT molecular complexity index is 790. The number of benzene rings is 1. The van der Waals surface area contributed by atoms with Crippen molar-refractivity contribution in [3.8, 4) is 0 Å². The molecule has 9 heteroatoms. The Kier molecular flexibility index (Phi) is 5.71. The number of ether oxygens (including phenoxy) is 1. The predicted molar refractivity (Wildman–Crippen MR) is 90.8 cm³/mol. The zero-order valence-electron chi connectivity index (χ0n) is 14.6. The molecule has 1 fully saturated rings. The number of hydrogen-bond acceptors (Lipinski definition) is 5. The first-order valence-electron chi connectivity index (χ1n) is 7.93. The fraction of sp³-hybridized carbons (Fsp3) is 0.353. The van der Waals surface area contributed by atoms with Crippen LogP contribution in [0.25, 0.3) is 0 Å². The van der Waals surface area contributed by atoms with Gasteiger partial charge in [0.15, 0.2) is 0 Å². The molecule has 0 radical (unpaired) electrons. The highest BCUT2D eigenvalue weighted by molar-refractivity contribution is 6.08. The van der Waals surface area contributed by atoms with Gasteiger partial charge < -0.3 is 20.8 Å². The first-order chi connectivity index (χ1) is 12.2. The first-order valence-corrected chi connectivity index (χ1v) is 7.93. The third-order valence-electron chi connectivity index (χ3n) is 3.85. The van der Waals surface area contributed by atoms with Gasteiger partial charge in [-0.15, -0.1) is 0 Å². The summed E-state index contributed by atoms with van der Waals surface area (Å²) < 4.78 is 31.6. The SMILES string of the molecule is CCOC(=O)N/C(NC(=O)c1ccc(F)cc1F)=C1/CNC(C)(C)C1=N. The van der Waals surface area contributed by atoms with Crippen LogP contribution in [0.3, 0.4) is 0 Å². The van der Waals surface area contributed by atoms with Gasteiger partial charge in [-0.25, -0.2) is 13.6 Å². The van der Waals surface area contributed by atoms with E-state index in [-0.39, 0.29) is 24.7 Å². The molecule has 1 saturated heterocycles. The van der Waals surface area contributed by atoms with E-state index in [2.05, 4.69) is 16.0 Å². The second kappa shape index (κ2) is 7.61. The summed E-state index contributed by atoms with van der Waals surface area (Å²) in [5, 5.41) is 16.0. The second-order valence-corrected chi connectivity index (χ2v) is 6.13. The van der Waals surface area contributed by atoms with Crippen LogP contribution < -0.4 is 16.0 Å². The lowest BCUT2D eigenvalue weighted by Crippen LogP contribution is -2.39. The van der Waals surface area contributed by atoms with Crippen molar-refractivity contribution in [1.82, 2.24) is 16.0 Å². The highest BCUT2D eigenvalue weighted by atomic mass is 19.1. The van der Waals surface area contributed by atoms with Crippen LogP contribution in [0, 0.1) is 17.0 Å². The summed E-state index contributed by atoms with van der Waals surface area (Å²) in [6.07, 6.45) is -0.826. The van der Waals surface area contributed by atoms with E-state index in [9.17, 15) is 18.4 Å². The van der Waals surface area contributed by atoms with Gasteiger partial charge in [0, 0.05) is 18.2 Å². The molecular formula is C17H20F2N4O3. The molecule has 26 heavy (non-hydrogen) atoms. The monoisotopic (exact) mass is 366 g/mol. The van der Waals surface area contributed by atoms with Crippen LogP contribution in [0.5, 0.6) is 0 Å². The number of nitrogens with one attached hydrogen (secondary N) is 4. The Morgan fingerprint density at radius 2 is 2.00 bits per heavy atom. The molecular weight excluding hydrogens is 346 g/mol. The number of halogens is 2. The summed E-state index contributed by atoms with van der Waals surface area (Å²) in [7, 11) is 0. The first kappa shape index (κ1) is 19.5. The average Bonchev–Trinajstić information content (AvgIpc) is 2.80. The highest BCUT2D eigenvalue weighted by Crippen LogP contribution is 2.21. The number of carbonyl (C=O) groups is 2. The number of carbonyl (C=O) groups excluding carboxylic acids is 2. The van der Waals surface area contributed by atoms with Crippen molar-refractivity contribution in [3.63, 3.8) is 0 Å². The lowest BCUT2D eigenvalue weighted by Gasteiger charge is -2.18. The topological polar surface area (TPSA) is 103 Å². The molecule has 0 aromatic heterocycles. The zero-order valence-corrected chi connectivity index (χ0v) is 14.6. The molecule has 1 heterocycles. The van der Waals surface area contributed by atoms with E-state index in [1.54, 1.807) is 20.8 Å². The van der Waals surface area contributed by atoms with Crippen molar-refractivity contribution >= 4 is 17.7 Å². The van der Waals surface area contributed by atoms with Gasteiger partial charge in [0.25, 0.3) is 5.91 Å². The summed E-state index contributed by atoms with van der Waals surface area (Å²) in [6.45, 7) is 5.47. The Morgan fingerprint density at radius 1 is 1.31 bits per heavy atom. The molecule has 4 N–H and O–H groups in total. The molecule has 0 bridgehead atoms. The summed E-state index contributed by atoms with van der Waals surface area (Å²) in [4.78, 5) is 24.1. The van der Waals surface area contributed by atoms with Gasteiger partial charge >= 0.3 is 6.09 Å². The fourth-order valence-corrected chi connectivity index (χ4v) is 2.38. The molecule has 1 aromatic carbocycles. The van der Waals surface area contributed by atoms with Crippen LogP contribution in [0.2, 0.25) is 0 Å². The summed E-state index contributed by atoms with van der Waals surface area (Å²) in [6, 6.07) is 2.53. The van der Waals surface area contributed by atoms with Crippen molar-refractivity contribution in [2.75, 3.05) is 13.2 Å². The second-order valence-electron chi connectivity index (χ2n) is 6.13. The normalized spacial score (nSPS) is 17.7. The van der Waals surface area contributed by atoms with E-state index in [1.807, 2.05) is 0 Å². The summed E-state index contributed by atoms with van der Waals surface area (Å²) in [5.41, 5.74) is -0.571. The molecule has 0 spiro atoms. The van der Waals surface area contributed by atoms with Crippen LogP contribution >= 0.6 is 0 Å². The van der Waals surface area contributed by atoms with Gasteiger partial charge in [0.2, 0.25) is 0 Å². The third kappa shape index (κ3) is 4.23. The third-order valence-corrected chi connectivity index (χ3v) is 3.85. The molecule has 0 saturated carbocycles. The van der Waals surface area contributed by atoms with Crippen molar-refractivity contribution in [2.45, 2.75) is 26.3 Å². The molecule has 0 aliphatic carbocycles. The Morgan fingerprint density at radius 3 is 2.54 bits per heavy atom. The Hall–Kier alpha value is -2.81. The van der Waals surface area contributed by atoms with E-state index in [0.717, 1.165) is 12.1 Å². The van der Waals surface area contributed by atoms with Gasteiger partial charge in [0.1, 0.15) is 17.5 Å². The number of hydrogen-bond donors (Lipinski definition) is 4. The standard InChI is InChI=1S/C17H20F2N4O3/c1-4-26-16(25)23-14(11-8-21-17(2,3)13(11)20)22-15(24)10-6-5-9(18)7-12(10)19/h5-7,20-21H,4,8H2,1-3H3,(H,22,24)(H,23,25)/b14-11-,20-13?. The maximum Gasteiger partial charge on any atom is 0.412 e. The maximum atomic E-state index is 13.8. The predicted octanol–water partition coefficient (Wildman–Crippen LogP) is 2.05. The fourth-order valence-electron chi connectivity index (χ4n) is 2.38. The smallest absolute Gasteiger partial charge is 0.412 e. The van der Waals surface area contributed by atoms with Crippen molar-refractivity contribution in [2.24, 2.45) is 0 Å². The Labute approximate surface area is 149 Å². The van der Waals surface area contributed by atoms with Gasteiger partial charge in [-0.3, -0.25) is 10.1 Å². The molecule has 1 aliphatic heterocycles. The van der Waals surface area contributed by atoms with E-state index >= 15 is 0 Å². The minimum Gasteiger partial charge on any atom is -0.450 e. The largest absolute Gasteiger partial charge is 0.450 e. The lowest BCUT2D eigenvalue weighted by atomic mass is 9.98. The Balaban J connectivity index is 2.34. The number of amides is 2. The van der Waals surface area contributed by atoms with Gasteiger partial charge in [0.05, 0.1) is 23.4 Å². The minimum atomic E-state index is -1.04. The van der Waals surface area contributed by atoms with Gasteiger partial charge in [-0.1, -0.05) is 0 Å². The average molecular weight is 366 g/mol. The zero-order chi connectivity index (χ0) is 19.5. The highest BCUT2D eigenvalue weighted by Gasteiger charge is 2.35. The summed E-state index contributed by atoms with van der Waals surface area (Å²) >= 11 is 0. The minimum absolute atomic E-state index is 0.0831. The van der Waals surface area contributed by atoms with Crippen LogP contribution in [0.4, 0.5) is 13.6 Å². The van der Waals surface area contributed by atoms with Gasteiger partial charge in [-0.2, -0.15) is 0 Å². The number of rotatable bonds is 4. The van der Waals surface area contributed by atoms with E-state index in [4.69, 9.17) is 10.1 Å². The molecule has 7 nitrogen and oxygen atoms in total. The van der Waals surface area contributed by atoms with E-state index in [1.165, 1.54) is 0 Å². The number of alkyl carbamates (subject to hydrolysis) is 1. The summed E-state index contributed by atoms with van der Waals surface area (Å²) in [5.74, 6) is -2.83. The van der Waals surface area contributed by atoms with Gasteiger partial charge in [-0.05, 0) is 32.9 Å². The molecule has 0 atom stereocenters. The van der Waals surface area contributed by atoms with Crippen LogP contribution in [0.15, 0.2) is 29.6 Å². The van der Waals surface area contributed by atoms with Crippen LogP contribution in [-0.4, -0.2) is 36.4 Å². The van der Waals surface area contributed by atoms with Crippen molar-refractivity contribution in [3.05, 3.63) is 46.8 Å². The maximum absolute atomic E-state index is 13.8. The molecule has 2 rings (SSSR count). The van der Waals surface area contributed by atoms with E-state index < -0.39 is 34.7 Å². The quantitative estimate of drug-likeness (QED) is 0.655. The van der Waals surface area contributed by atoms with E-state index in [0.29, 0.717) is 11.6 Å². The van der Waals surface area contributed by atoms with Crippen molar-refractivity contribution < 1.29 is 23.1 Å². The molecule has 0 unspecified atom stereocenters.